The number of hydrogen-bond acceptors (Lipinski definition) is 4. The second kappa shape index (κ2) is 5.45. The first kappa shape index (κ1) is 14.2. The van der Waals surface area contributed by atoms with Crippen LogP contribution in [-0.2, 0) is 11.3 Å². The van der Waals surface area contributed by atoms with Gasteiger partial charge in [-0.05, 0) is 17.4 Å². The van der Waals surface area contributed by atoms with E-state index < -0.39 is 4.92 Å². The molecular weight excluding hydrogens is 256 g/mol. The SMILES string of the molecule is CC1(C)CC(=O)C([N+](=O)[O-])=C(NCc2ccccc2)C1. The topological polar surface area (TPSA) is 72.2 Å². The highest BCUT2D eigenvalue weighted by Gasteiger charge is 2.39. The molecule has 0 unspecified atom stereocenters. The molecule has 5 heteroatoms. The van der Waals surface area contributed by atoms with E-state index in [0.29, 0.717) is 18.7 Å². The quantitative estimate of drug-likeness (QED) is 0.676. The summed E-state index contributed by atoms with van der Waals surface area (Å²) in [6.45, 7) is 4.38. The summed E-state index contributed by atoms with van der Waals surface area (Å²) in [5, 5.41) is 14.2. The Morgan fingerprint density at radius 3 is 2.50 bits per heavy atom. The van der Waals surface area contributed by atoms with E-state index in [1.54, 1.807) is 0 Å². The van der Waals surface area contributed by atoms with Gasteiger partial charge >= 0.3 is 5.70 Å². The van der Waals surface area contributed by atoms with Crippen LogP contribution in [0, 0.1) is 15.5 Å². The van der Waals surface area contributed by atoms with E-state index in [1.165, 1.54) is 0 Å². The number of nitrogens with one attached hydrogen (secondary N) is 1. The fourth-order valence-corrected chi connectivity index (χ4v) is 2.47. The highest BCUT2D eigenvalue weighted by molar-refractivity contribution is 5.95. The molecule has 0 spiro atoms. The van der Waals surface area contributed by atoms with Crippen molar-refractivity contribution in [2.45, 2.75) is 33.2 Å². The van der Waals surface area contributed by atoms with Crippen LogP contribution < -0.4 is 5.32 Å². The molecule has 1 aliphatic carbocycles. The Bertz CT molecular complexity index is 562. The van der Waals surface area contributed by atoms with Gasteiger partial charge in [0.1, 0.15) is 0 Å². The van der Waals surface area contributed by atoms with Gasteiger partial charge in [-0.1, -0.05) is 44.2 Å². The third-order valence-corrected chi connectivity index (χ3v) is 3.38. The number of ketones is 1. The predicted octanol–water partition coefficient (Wildman–Crippen LogP) is 2.65. The fourth-order valence-electron chi connectivity index (χ4n) is 2.47. The molecule has 1 aromatic carbocycles. The van der Waals surface area contributed by atoms with Gasteiger partial charge < -0.3 is 5.32 Å². The number of carbonyl (C=O) groups is 1. The first-order chi connectivity index (χ1) is 9.39. The highest BCUT2D eigenvalue weighted by Crippen LogP contribution is 2.35. The Labute approximate surface area is 117 Å². The van der Waals surface area contributed by atoms with E-state index in [4.69, 9.17) is 0 Å². The molecule has 0 fully saturated rings. The van der Waals surface area contributed by atoms with Crippen molar-refractivity contribution >= 4 is 5.78 Å². The molecule has 0 bridgehead atoms. The van der Waals surface area contributed by atoms with Gasteiger partial charge in [0, 0.05) is 13.0 Å². The van der Waals surface area contributed by atoms with E-state index >= 15 is 0 Å². The normalized spacial score (nSPS) is 18.0. The van der Waals surface area contributed by atoms with Gasteiger partial charge in [0.15, 0.2) is 0 Å². The molecular formula is C15H18N2O3. The molecule has 0 aliphatic heterocycles. The Kier molecular flexibility index (Phi) is 3.88. The Hall–Kier alpha value is -2.17. The molecule has 1 aliphatic rings. The molecule has 5 nitrogen and oxygen atoms in total. The summed E-state index contributed by atoms with van der Waals surface area (Å²) in [7, 11) is 0. The molecule has 0 saturated carbocycles. The molecule has 0 radical (unpaired) electrons. The minimum atomic E-state index is -0.565. The van der Waals surface area contributed by atoms with Crippen molar-refractivity contribution in [3.63, 3.8) is 0 Å². The minimum Gasteiger partial charge on any atom is -0.379 e. The zero-order chi connectivity index (χ0) is 14.8. The Morgan fingerprint density at radius 2 is 1.90 bits per heavy atom. The van der Waals surface area contributed by atoms with Crippen molar-refractivity contribution in [3.05, 3.63) is 57.4 Å². The summed E-state index contributed by atoms with van der Waals surface area (Å²) in [6, 6.07) is 9.62. The lowest BCUT2D eigenvalue weighted by molar-refractivity contribution is -0.421. The van der Waals surface area contributed by atoms with Crippen molar-refractivity contribution < 1.29 is 9.72 Å². The number of benzene rings is 1. The van der Waals surface area contributed by atoms with Crippen molar-refractivity contribution in [3.8, 4) is 0 Å². The van der Waals surface area contributed by atoms with Crippen molar-refractivity contribution in [1.29, 1.82) is 0 Å². The molecule has 1 aromatic rings. The van der Waals surface area contributed by atoms with Crippen LogP contribution in [0.3, 0.4) is 0 Å². The number of allylic oxidation sites excluding steroid dienone is 2. The number of nitro groups is 1. The Balaban J connectivity index is 2.22. The molecule has 0 amide bonds. The number of Topliss-reactive ketones (excluding diaryl/α,β-unsaturated/α-hetero) is 1. The van der Waals surface area contributed by atoms with Crippen LogP contribution in [0.4, 0.5) is 0 Å². The number of hydrogen-bond donors (Lipinski definition) is 1. The lowest BCUT2D eigenvalue weighted by atomic mass is 9.77. The monoisotopic (exact) mass is 274 g/mol. The number of nitrogens with zero attached hydrogens (tertiary/aromatic N) is 1. The average Bonchev–Trinajstić information content (AvgIpc) is 2.35. The molecule has 1 N–H and O–H groups in total. The Morgan fingerprint density at radius 1 is 1.25 bits per heavy atom. The average molecular weight is 274 g/mol. The summed E-state index contributed by atoms with van der Waals surface area (Å²) >= 11 is 0. The van der Waals surface area contributed by atoms with Gasteiger partial charge in [-0.3, -0.25) is 14.9 Å². The maximum atomic E-state index is 11.9. The van der Waals surface area contributed by atoms with Crippen molar-refractivity contribution in [2.75, 3.05) is 0 Å². The summed E-state index contributed by atoms with van der Waals surface area (Å²) in [5.74, 6) is -0.387. The molecule has 0 heterocycles. The summed E-state index contributed by atoms with van der Waals surface area (Å²) in [5.41, 5.74) is 0.953. The minimum absolute atomic E-state index is 0.222. The van der Waals surface area contributed by atoms with E-state index in [0.717, 1.165) is 5.56 Å². The number of carbonyl (C=O) groups excluding carboxylic acids is 1. The van der Waals surface area contributed by atoms with Crippen LogP contribution in [-0.4, -0.2) is 10.7 Å². The summed E-state index contributed by atoms with van der Waals surface area (Å²) in [4.78, 5) is 22.5. The van der Waals surface area contributed by atoms with Gasteiger partial charge in [-0.15, -0.1) is 0 Å². The van der Waals surface area contributed by atoms with E-state index in [2.05, 4.69) is 5.32 Å². The molecule has 2 rings (SSSR count). The van der Waals surface area contributed by atoms with Gasteiger partial charge in [0.05, 0.1) is 10.6 Å². The summed E-state index contributed by atoms with van der Waals surface area (Å²) in [6.07, 6.45) is 0.738. The van der Waals surface area contributed by atoms with Gasteiger partial charge in [0.25, 0.3) is 0 Å². The van der Waals surface area contributed by atoms with Crippen LogP contribution in [0.5, 0.6) is 0 Å². The fraction of sp³-hybridized carbons (Fsp3) is 0.400. The predicted molar refractivity (Wildman–Crippen MR) is 75.3 cm³/mol. The zero-order valence-electron chi connectivity index (χ0n) is 11.7. The van der Waals surface area contributed by atoms with Gasteiger partial charge in [-0.2, -0.15) is 0 Å². The van der Waals surface area contributed by atoms with Crippen LogP contribution in [0.25, 0.3) is 0 Å². The van der Waals surface area contributed by atoms with Crippen LogP contribution in [0.15, 0.2) is 41.7 Å². The second-order valence-electron chi connectivity index (χ2n) is 5.86. The maximum Gasteiger partial charge on any atom is 0.330 e. The van der Waals surface area contributed by atoms with Crippen molar-refractivity contribution in [2.24, 2.45) is 5.41 Å². The smallest absolute Gasteiger partial charge is 0.330 e. The summed E-state index contributed by atoms with van der Waals surface area (Å²) < 4.78 is 0. The molecule has 106 valence electrons. The van der Waals surface area contributed by atoms with Crippen LogP contribution >= 0.6 is 0 Å². The molecule has 0 atom stereocenters. The van der Waals surface area contributed by atoms with Crippen LogP contribution in [0.1, 0.15) is 32.3 Å². The highest BCUT2D eigenvalue weighted by atomic mass is 16.6. The van der Waals surface area contributed by atoms with Crippen molar-refractivity contribution in [1.82, 2.24) is 5.32 Å². The first-order valence-electron chi connectivity index (χ1n) is 6.57. The zero-order valence-corrected chi connectivity index (χ0v) is 11.7. The second-order valence-corrected chi connectivity index (χ2v) is 5.86. The van der Waals surface area contributed by atoms with Gasteiger partial charge in [-0.25, -0.2) is 0 Å². The molecule has 0 saturated heterocycles. The third kappa shape index (κ3) is 3.23. The first-order valence-corrected chi connectivity index (χ1v) is 6.57. The third-order valence-electron chi connectivity index (χ3n) is 3.38. The maximum absolute atomic E-state index is 11.9. The molecule has 20 heavy (non-hydrogen) atoms. The van der Waals surface area contributed by atoms with Crippen LogP contribution in [0.2, 0.25) is 0 Å². The molecule has 0 aromatic heterocycles. The van der Waals surface area contributed by atoms with E-state index in [-0.39, 0.29) is 23.3 Å². The van der Waals surface area contributed by atoms with E-state index in [9.17, 15) is 14.9 Å². The lowest BCUT2D eigenvalue weighted by Crippen LogP contribution is -2.33. The van der Waals surface area contributed by atoms with E-state index in [1.807, 2.05) is 44.2 Å². The lowest BCUT2D eigenvalue weighted by Gasteiger charge is -2.29. The standard InChI is InChI=1S/C15H18N2O3/c1-15(2)8-12(14(17(19)20)13(18)9-15)16-10-11-6-4-3-5-7-11/h3-7,16H,8-10H2,1-2H3. The largest absolute Gasteiger partial charge is 0.379 e. The number of rotatable bonds is 4. The van der Waals surface area contributed by atoms with Gasteiger partial charge in [0.2, 0.25) is 5.78 Å².